The maximum absolute atomic E-state index is 12.6. The number of aryl methyl sites for hydroxylation is 1. The molecule has 0 aliphatic carbocycles. The Morgan fingerprint density at radius 2 is 1.58 bits per heavy atom. The fraction of sp³-hybridized carbons (Fsp3) is 0.0769. The van der Waals surface area contributed by atoms with Gasteiger partial charge in [0.2, 0.25) is 0 Å². The third-order valence-corrected chi connectivity index (χ3v) is 4.63. The standard InChI is InChI=1S/C26H20N2O5/c1-17-7-11-19(12-8-17)25(30)33-21-13-9-18(10-14-21)15-20(16-27)24(29)28-23-6-4-3-5-22(23)26(31)32-2/h3-15H,1-2H3,(H,28,29). The van der Waals surface area contributed by atoms with Gasteiger partial charge in [-0.05, 0) is 55.0 Å². The Kier molecular flexibility index (Phi) is 7.35. The summed E-state index contributed by atoms with van der Waals surface area (Å²) in [6, 6.07) is 21.6. The average molecular weight is 440 g/mol. The Labute approximate surface area is 190 Å². The number of nitrogens with one attached hydrogen (secondary N) is 1. The predicted molar refractivity (Wildman–Crippen MR) is 123 cm³/mol. The molecule has 7 heteroatoms. The highest BCUT2D eigenvalue weighted by Crippen LogP contribution is 2.19. The van der Waals surface area contributed by atoms with Crippen molar-refractivity contribution in [2.45, 2.75) is 6.92 Å². The van der Waals surface area contributed by atoms with Crippen molar-refractivity contribution in [3.05, 3.63) is 101 Å². The van der Waals surface area contributed by atoms with Crippen LogP contribution in [0.15, 0.2) is 78.4 Å². The molecule has 0 saturated heterocycles. The Morgan fingerprint density at radius 1 is 0.909 bits per heavy atom. The number of esters is 2. The number of hydrogen-bond donors (Lipinski definition) is 1. The maximum atomic E-state index is 12.6. The zero-order valence-electron chi connectivity index (χ0n) is 18.0. The summed E-state index contributed by atoms with van der Waals surface area (Å²) in [7, 11) is 1.24. The van der Waals surface area contributed by atoms with E-state index < -0.39 is 17.8 Å². The number of carbonyl (C=O) groups excluding carboxylic acids is 3. The second kappa shape index (κ2) is 10.6. The van der Waals surface area contributed by atoms with Crippen LogP contribution in [-0.2, 0) is 9.53 Å². The molecule has 3 aromatic carbocycles. The quantitative estimate of drug-likeness (QED) is 0.261. The Balaban J connectivity index is 1.72. The van der Waals surface area contributed by atoms with Crippen molar-refractivity contribution in [3.63, 3.8) is 0 Å². The summed E-state index contributed by atoms with van der Waals surface area (Å²) in [6.07, 6.45) is 1.39. The minimum Gasteiger partial charge on any atom is -0.465 e. The van der Waals surface area contributed by atoms with Crippen molar-refractivity contribution < 1.29 is 23.9 Å². The first-order valence-corrected chi connectivity index (χ1v) is 9.90. The van der Waals surface area contributed by atoms with Crippen LogP contribution in [0.4, 0.5) is 5.69 Å². The zero-order chi connectivity index (χ0) is 23.8. The molecule has 0 heterocycles. The van der Waals surface area contributed by atoms with Crippen molar-refractivity contribution in [3.8, 4) is 11.8 Å². The number of nitrogens with zero attached hydrogens (tertiary/aromatic N) is 1. The molecule has 1 N–H and O–H groups in total. The third-order valence-electron chi connectivity index (χ3n) is 4.63. The number of nitriles is 1. The third kappa shape index (κ3) is 5.93. The van der Waals surface area contributed by atoms with Gasteiger partial charge >= 0.3 is 11.9 Å². The monoisotopic (exact) mass is 440 g/mol. The average Bonchev–Trinajstić information content (AvgIpc) is 2.83. The molecule has 0 atom stereocenters. The molecule has 0 saturated carbocycles. The van der Waals surface area contributed by atoms with Crippen LogP contribution in [0.3, 0.4) is 0 Å². The molecule has 3 rings (SSSR count). The minimum absolute atomic E-state index is 0.168. The summed E-state index contributed by atoms with van der Waals surface area (Å²) in [5.74, 6) is -1.44. The summed E-state index contributed by atoms with van der Waals surface area (Å²) in [5, 5.41) is 12.0. The van der Waals surface area contributed by atoms with Crippen LogP contribution in [0.1, 0.15) is 31.8 Å². The summed E-state index contributed by atoms with van der Waals surface area (Å²) in [6.45, 7) is 1.93. The van der Waals surface area contributed by atoms with Gasteiger partial charge in [0.05, 0.1) is 23.9 Å². The molecule has 0 aromatic heterocycles. The van der Waals surface area contributed by atoms with E-state index in [2.05, 4.69) is 5.32 Å². The van der Waals surface area contributed by atoms with Gasteiger partial charge in [0.15, 0.2) is 0 Å². The van der Waals surface area contributed by atoms with E-state index in [1.807, 2.05) is 25.1 Å². The lowest BCUT2D eigenvalue weighted by Crippen LogP contribution is -2.16. The molecule has 0 radical (unpaired) electrons. The fourth-order valence-electron chi connectivity index (χ4n) is 2.87. The van der Waals surface area contributed by atoms with E-state index >= 15 is 0 Å². The first kappa shape index (κ1) is 23.0. The zero-order valence-corrected chi connectivity index (χ0v) is 18.0. The molecule has 0 bridgehead atoms. The SMILES string of the molecule is COC(=O)c1ccccc1NC(=O)C(C#N)=Cc1ccc(OC(=O)c2ccc(C)cc2)cc1. The molecule has 0 fully saturated rings. The second-order valence-electron chi connectivity index (χ2n) is 6.99. The smallest absolute Gasteiger partial charge is 0.343 e. The van der Waals surface area contributed by atoms with E-state index in [0.717, 1.165) is 5.56 Å². The largest absolute Gasteiger partial charge is 0.465 e. The first-order chi connectivity index (χ1) is 15.9. The summed E-state index contributed by atoms with van der Waals surface area (Å²) >= 11 is 0. The summed E-state index contributed by atoms with van der Waals surface area (Å²) in [4.78, 5) is 36.7. The molecule has 0 aliphatic rings. The van der Waals surface area contributed by atoms with E-state index in [1.54, 1.807) is 48.5 Å². The predicted octanol–water partition coefficient (Wildman–Crippen LogP) is 4.55. The van der Waals surface area contributed by atoms with Crippen LogP contribution in [0, 0.1) is 18.3 Å². The maximum Gasteiger partial charge on any atom is 0.343 e. The van der Waals surface area contributed by atoms with Crippen molar-refractivity contribution in [1.82, 2.24) is 0 Å². The number of carbonyl (C=O) groups is 3. The van der Waals surface area contributed by atoms with Crippen LogP contribution in [0.25, 0.3) is 6.08 Å². The molecule has 7 nitrogen and oxygen atoms in total. The van der Waals surface area contributed by atoms with E-state index in [-0.39, 0.29) is 16.8 Å². The number of hydrogen-bond acceptors (Lipinski definition) is 6. The van der Waals surface area contributed by atoms with Gasteiger partial charge in [0, 0.05) is 0 Å². The molecule has 1 amide bonds. The fourth-order valence-corrected chi connectivity index (χ4v) is 2.87. The number of para-hydroxylation sites is 1. The van der Waals surface area contributed by atoms with Gasteiger partial charge in [-0.15, -0.1) is 0 Å². The number of anilines is 1. The van der Waals surface area contributed by atoms with Gasteiger partial charge in [-0.25, -0.2) is 9.59 Å². The van der Waals surface area contributed by atoms with Crippen LogP contribution in [0.2, 0.25) is 0 Å². The van der Waals surface area contributed by atoms with Crippen molar-refractivity contribution in [2.24, 2.45) is 0 Å². The number of amides is 1. The Morgan fingerprint density at radius 3 is 2.21 bits per heavy atom. The number of benzene rings is 3. The van der Waals surface area contributed by atoms with Gasteiger partial charge < -0.3 is 14.8 Å². The van der Waals surface area contributed by atoms with Gasteiger partial charge in [-0.3, -0.25) is 4.79 Å². The summed E-state index contributed by atoms with van der Waals surface area (Å²) in [5.41, 5.74) is 2.26. The van der Waals surface area contributed by atoms with Crippen molar-refractivity contribution in [2.75, 3.05) is 12.4 Å². The van der Waals surface area contributed by atoms with E-state index in [1.165, 1.54) is 25.3 Å². The molecule has 0 spiro atoms. The highest BCUT2D eigenvalue weighted by Gasteiger charge is 2.16. The lowest BCUT2D eigenvalue weighted by Gasteiger charge is -2.09. The molecule has 33 heavy (non-hydrogen) atoms. The van der Waals surface area contributed by atoms with Gasteiger partial charge in [-0.2, -0.15) is 5.26 Å². The normalized spacial score (nSPS) is 10.6. The highest BCUT2D eigenvalue weighted by molar-refractivity contribution is 6.12. The van der Waals surface area contributed by atoms with Crippen LogP contribution >= 0.6 is 0 Å². The molecular formula is C26H20N2O5. The van der Waals surface area contributed by atoms with Crippen LogP contribution in [0.5, 0.6) is 5.75 Å². The topological polar surface area (TPSA) is 105 Å². The number of methoxy groups -OCH3 is 1. The second-order valence-corrected chi connectivity index (χ2v) is 6.99. The van der Waals surface area contributed by atoms with Crippen molar-refractivity contribution in [1.29, 1.82) is 5.26 Å². The van der Waals surface area contributed by atoms with Gasteiger partial charge in [-0.1, -0.05) is 42.0 Å². The van der Waals surface area contributed by atoms with Crippen LogP contribution < -0.4 is 10.1 Å². The molecule has 0 unspecified atom stereocenters. The minimum atomic E-state index is -0.677. The molecule has 3 aromatic rings. The lowest BCUT2D eigenvalue weighted by molar-refractivity contribution is -0.112. The van der Waals surface area contributed by atoms with E-state index in [4.69, 9.17) is 9.47 Å². The van der Waals surface area contributed by atoms with Crippen LogP contribution in [-0.4, -0.2) is 25.0 Å². The Bertz CT molecular complexity index is 1250. The number of rotatable bonds is 6. The van der Waals surface area contributed by atoms with Gasteiger partial charge in [0.1, 0.15) is 17.4 Å². The lowest BCUT2D eigenvalue weighted by atomic mass is 10.1. The summed E-state index contributed by atoms with van der Waals surface area (Å²) < 4.78 is 10.1. The van der Waals surface area contributed by atoms with Gasteiger partial charge in [0.25, 0.3) is 5.91 Å². The van der Waals surface area contributed by atoms with E-state index in [0.29, 0.717) is 16.9 Å². The molecular weight excluding hydrogens is 420 g/mol. The molecule has 164 valence electrons. The number of ether oxygens (including phenoxy) is 2. The van der Waals surface area contributed by atoms with Crippen molar-refractivity contribution >= 4 is 29.6 Å². The first-order valence-electron chi connectivity index (χ1n) is 9.90. The highest BCUT2D eigenvalue weighted by atomic mass is 16.5. The van der Waals surface area contributed by atoms with E-state index in [9.17, 15) is 19.6 Å². The Hall–Kier alpha value is -4.70. The molecule has 0 aliphatic heterocycles.